The summed E-state index contributed by atoms with van der Waals surface area (Å²) in [6.45, 7) is 1.13. The van der Waals surface area contributed by atoms with Crippen molar-refractivity contribution in [3.05, 3.63) is 53.1 Å². The Hall–Kier alpha value is -2.40. The molecule has 24 heavy (non-hydrogen) atoms. The molecule has 0 fully saturated rings. The van der Waals surface area contributed by atoms with E-state index in [4.69, 9.17) is 25.8 Å². The molecule has 3 rings (SSSR count). The molecule has 1 heterocycles. The predicted octanol–water partition coefficient (Wildman–Crippen LogP) is 3.20. The molecular weight excluding hydrogens is 330 g/mol. The van der Waals surface area contributed by atoms with Gasteiger partial charge in [-0.05, 0) is 48.4 Å². The van der Waals surface area contributed by atoms with E-state index in [0.29, 0.717) is 31.0 Å². The van der Waals surface area contributed by atoms with Gasteiger partial charge in [0.05, 0.1) is 6.54 Å². The Labute approximate surface area is 145 Å². The van der Waals surface area contributed by atoms with Crippen LogP contribution in [-0.2, 0) is 11.2 Å². The van der Waals surface area contributed by atoms with E-state index >= 15 is 0 Å². The van der Waals surface area contributed by atoms with Crippen LogP contribution in [0.1, 0.15) is 12.0 Å². The number of rotatable bonds is 7. The number of hydrogen-bond donors (Lipinski definition) is 1. The highest BCUT2D eigenvalue weighted by atomic mass is 35.5. The molecule has 0 aromatic heterocycles. The quantitative estimate of drug-likeness (QED) is 0.781. The highest BCUT2D eigenvalue weighted by Crippen LogP contribution is 2.32. The average molecular weight is 348 g/mol. The van der Waals surface area contributed by atoms with Gasteiger partial charge in [-0.1, -0.05) is 17.7 Å². The number of halogens is 1. The zero-order valence-electron chi connectivity index (χ0n) is 13.1. The standard InChI is InChI=1S/C18H18ClNO4/c19-14-3-5-15(6-4-14)22-10-9-20-18(21)8-2-13-1-7-16-17(11-13)24-12-23-16/h1,3-7,11H,2,8-10,12H2,(H,20,21). The maximum Gasteiger partial charge on any atom is 0.231 e. The third-order valence-corrected chi connectivity index (χ3v) is 3.84. The number of aryl methyl sites for hydroxylation is 1. The first-order valence-corrected chi connectivity index (χ1v) is 8.12. The summed E-state index contributed by atoms with van der Waals surface area (Å²) in [5.74, 6) is 2.22. The van der Waals surface area contributed by atoms with E-state index in [0.717, 1.165) is 22.8 Å². The summed E-state index contributed by atoms with van der Waals surface area (Å²) in [5.41, 5.74) is 1.05. The normalized spacial score (nSPS) is 12.0. The minimum atomic E-state index is -0.00706. The van der Waals surface area contributed by atoms with Crippen molar-refractivity contribution in [3.63, 3.8) is 0 Å². The Balaban J connectivity index is 1.34. The van der Waals surface area contributed by atoms with Gasteiger partial charge >= 0.3 is 0 Å². The van der Waals surface area contributed by atoms with Crippen molar-refractivity contribution in [2.24, 2.45) is 0 Å². The fraction of sp³-hybridized carbons (Fsp3) is 0.278. The third kappa shape index (κ3) is 4.55. The molecule has 0 bridgehead atoms. The van der Waals surface area contributed by atoms with E-state index in [9.17, 15) is 4.79 Å². The topological polar surface area (TPSA) is 56.8 Å². The number of ether oxygens (including phenoxy) is 3. The van der Waals surface area contributed by atoms with Crippen LogP contribution in [0.15, 0.2) is 42.5 Å². The van der Waals surface area contributed by atoms with Gasteiger partial charge in [0.25, 0.3) is 0 Å². The van der Waals surface area contributed by atoms with Gasteiger partial charge in [0, 0.05) is 11.4 Å². The molecule has 2 aromatic rings. The Morgan fingerprint density at radius 1 is 1.12 bits per heavy atom. The summed E-state index contributed by atoms with van der Waals surface area (Å²) in [7, 11) is 0. The molecule has 0 aliphatic carbocycles. The van der Waals surface area contributed by atoms with Crippen molar-refractivity contribution in [3.8, 4) is 17.2 Å². The van der Waals surface area contributed by atoms with Crippen LogP contribution in [-0.4, -0.2) is 25.9 Å². The lowest BCUT2D eigenvalue weighted by Crippen LogP contribution is -2.28. The number of fused-ring (bicyclic) bond motifs is 1. The van der Waals surface area contributed by atoms with Crippen LogP contribution in [0.25, 0.3) is 0 Å². The van der Waals surface area contributed by atoms with Gasteiger partial charge < -0.3 is 19.5 Å². The highest BCUT2D eigenvalue weighted by Gasteiger charge is 2.13. The second-order valence-electron chi connectivity index (χ2n) is 5.34. The van der Waals surface area contributed by atoms with Gasteiger partial charge in [-0.25, -0.2) is 0 Å². The predicted molar refractivity (Wildman–Crippen MR) is 90.8 cm³/mol. The number of carbonyl (C=O) groups excluding carboxylic acids is 1. The van der Waals surface area contributed by atoms with Crippen molar-refractivity contribution in [1.82, 2.24) is 5.32 Å². The van der Waals surface area contributed by atoms with E-state index in [1.807, 2.05) is 18.2 Å². The Bertz CT molecular complexity index is 703. The summed E-state index contributed by atoms with van der Waals surface area (Å²) < 4.78 is 16.1. The molecule has 0 radical (unpaired) electrons. The van der Waals surface area contributed by atoms with Crippen molar-refractivity contribution < 1.29 is 19.0 Å². The van der Waals surface area contributed by atoms with Gasteiger partial charge in [0.1, 0.15) is 12.4 Å². The molecule has 0 unspecified atom stereocenters. The molecule has 1 N–H and O–H groups in total. The molecule has 5 nitrogen and oxygen atoms in total. The number of benzene rings is 2. The first-order chi connectivity index (χ1) is 11.7. The van der Waals surface area contributed by atoms with Gasteiger partial charge in [0.15, 0.2) is 11.5 Å². The number of amides is 1. The molecule has 1 aliphatic rings. The maximum absolute atomic E-state index is 11.9. The molecule has 6 heteroatoms. The van der Waals surface area contributed by atoms with Gasteiger partial charge in [-0.2, -0.15) is 0 Å². The van der Waals surface area contributed by atoms with E-state index in [-0.39, 0.29) is 12.7 Å². The summed E-state index contributed by atoms with van der Waals surface area (Å²) in [6, 6.07) is 12.9. The van der Waals surface area contributed by atoms with Gasteiger partial charge in [-0.15, -0.1) is 0 Å². The summed E-state index contributed by atoms with van der Waals surface area (Å²) in [5, 5.41) is 3.51. The van der Waals surface area contributed by atoms with Crippen LogP contribution in [0.4, 0.5) is 0 Å². The summed E-state index contributed by atoms with van der Waals surface area (Å²) >= 11 is 5.80. The van der Waals surface area contributed by atoms with Crippen LogP contribution in [0.2, 0.25) is 5.02 Å². The van der Waals surface area contributed by atoms with Crippen LogP contribution >= 0.6 is 11.6 Å². The number of carbonyl (C=O) groups is 1. The number of hydrogen-bond acceptors (Lipinski definition) is 4. The fourth-order valence-corrected chi connectivity index (χ4v) is 2.46. The van der Waals surface area contributed by atoms with Crippen LogP contribution in [0.5, 0.6) is 17.2 Å². The maximum atomic E-state index is 11.9. The van der Waals surface area contributed by atoms with Crippen LogP contribution in [0.3, 0.4) is 0 Å². The zero-order chi connectivity index (χ0) is 16.8. The summed E-state index contributed by atoms with van der Waals surface area (Å²) in [6.07, 6.45) is 1.07. The van der Waals surface area contributed by atoms with Crippen LogP contribution in [0, 0.1) is 0 Å². The Morgan fingerprint density at radius 3 is 2.75 bits per heavy atom. The molecule has 0 saturated heterocycles. The molecule has 1 aliphatic heterocycles. The molecule has 126 valence electrons. The third-order valence-electron chi connectivity index (χ3n) is 3.58. The SMILES string of the molecule is O=C(CCc1ccc2c(c1)OCO2)NCCOc1ccc(Cl)cc1. The Kier molecular flexibility index (Phi) is 5.43. The number of nitrogens with one attached hydrogen (secondary N) is 1. The highest BCUT2D eigenvalue weighted by molar-refractivity contribution is 6.30. The zero-order valence-corrected chi connectivity index (χ0v) is 13.8. The first kappa shape index (κ1) is 16.5. The summed E-state index contributed by atoms with van der Waals surface area (Å²) in [4.78, 5) is 11.9. The lowest BCUT2D eigenvalue weighted by molar-refractivity contribution is -0.121. The van der Waals surface area contributed by atoms with E-state index < -0.39 is 0 Å². The lowest BCUT2D eigenvalue weighted by atomic mass is 10.1. The van der Waals surface area contributed by atoms with E-state index in [1.165, 1.54) is 0 Å². The minimum Gasteiger partial charge on any atom is -0.492 e. The second-order valence-corrected chi connectivity index (χ2v) is 5.78. The van der Waals surface area contributed by atoms with Crippen molar-refractivity contribution in [2.75, 3.05) is 19.9 Å². The Morgan fingerprint density at radius 2 is 1.92 bits per heavy atom. The van der Waals surface area contributed by atoms with E-state index in [2.05, 4.69) is 5.32 Å². The van der Waals surface area contributed by atoms with Gasteiger partial charge in [0.2, 0.25) is 12.7 Å². The fourth-order valence-electron chi connectivity index (χ4n) is 2.33. The van der Waals surface area contributed by atoms with E-state index in [1.54, 1.807) is 24.3 Å². The monoisotopic (exact) mass is 347 g/mol. The second kappa shape index (κ2) is 7.93. The molecule has 0 atom stereocenters. The van der Waals surface area contributed by atoms with Crippen molar-refractivity contribution in [1.29, 1.82) is 0 Å². The van der Waals surface area contributed by atoms with Gasteiger partial charge in [-0.3, -0.25) is 4.79 Å². The molecule has 1 amide bonds. The largest absolute Gasteiger partial charge is 0.492 e. The van der Waals surface area contributed by atoms with Crippen LogP contribution < -0.4 is 19.5 Å². The molecule has 0 saturated carbocycles. The smallest absolute Gasteiger partial charge is 0.231 e. The van der Waals surface area contributed by atoms with Crippen molar-refractivity contribution >= 4 is 17.5 Å². The van der Waals surface area contributed by atoms with Crippen molar-refractivity contribution in [2.45, 2.75) is 12.8 Å². The first-order valence-electron chi connectivity index (χ1n) is 7.74. The molecule has 0 spiro atoms. The molecular formula is C18H18ClNO4. The minimum absolute atomic E-state index is 0.00706. The lowest BCUT2D eigenvalue weighted by Gasteiger charge is -2.08. The molecule has 2 aromatic carbocycles. The average Bonchev–Trinajstić information content (AvgIpc) is 3.06.